The molecule has 0 spiro atoms. The Labute approximate surface area is 192 Å². The molecule has 9 nitrogen and oxygen atoms in total. The molecule has 4 aromatic rings. The molecule has 2 aromatic carbocycles. The standard InChI is InChI=1S/C23H20N4O5S/c1-3-19-26-27-20(28)12-16(25-23(27)33-19)13-32-22(30)14-7-6-8-15(11-14)24-21(29)17-9-4-5-10-18(17)31-2/h4-12H,3,13H2,1-2H3,(H,24,29). The normalized spacial score (nSPS) is 10.7. The van der Waals surface area contributed by atoms with Crippen molar-refractivity contribution in [2.24, 2.45) is 0 Å². The summed E-state index contributed by atoms with van der Waals surface area (Å²) >= 11 is 1.32. The maximum atomic E-state index is 12.6. The Morgan fingerprint density at radius 1 is 1.12 bits per heavy atom. The fourth-order valence-electron chi connectivity index (χ4n) is 3.09. The lowest BCUT2D eigenvalue weighted by molar-refractivity contribution is 0.0467. The van der Waals surface area contributed by atoms with Crippen LogP contribution in [0.1, 0.15) is 38.3 Å². The summed E-state index contributed by atoms with van der Waals surface area (Å²) in [6, 6.07) is 14.5. The summed E-state index contributed by atoms with van der Waals surface area (Å²) in [6.07, 6.45) is 0.696. The maximum absolute atomic E-state index is 12.6. The smallest absolute Gasteiger partial charge is 0.338 e. The Kier molecular flexibility index (Phi) is 6.45. The van der Waals surface area contributed by atoms with Gasteiger partial charge in [-0.3, -0.25) is 9.59 Å². The van der Waals surface area contributed by atoms with Gasteiger partial charge in [0.25, 0.3) is 11.5 Å². The zero-order chi connectivity index (χ0) is 23.4. The first kappa shape index (κ1) is 22.2. The summed E-state index contributed by atoms with van der Waals surface area (Å²) < 4.78 is 11.8. The van der Waals surface area contributed by atoms with Gasteiger partial charge < -0.3 is 14.8 Å². The average Bonchev–Trinajstić information content (AvgIpc) is 3.26. The summed E-state index contributed by atoms with van der Waals surface area (Å²) in [5.74, 6) is -0.533. The lowest BCUT2D eigenvalue weighted by Crippen LogP contribution is -2.17. The summed E-state index contributed by atoms with van der Waals surface area (Å²) in [5.41, 5.74) is 1.05. The molecule has 2 aromatic heterocycles. The molecule has 0 aliphatic rings. The van der Waals surface area contributed by atoms with Crippen molar-refractivity contribution < 1.29 is 19.1 Å². The molecular formula is C23H20N4O5S. The molecule has 0 saturated carbocycles. The fourth-order valence-corrected chi connectivity index (χ4v) is 3.95. The summed E-state index contributed by atoms with van der Waals surface area (Å²) in [4.78, 5) is 42.2. The minimum atomic E-state index is -0.607. The highest BCUT2D eigenvalue weighted by Gasteiger charge is 2.14. The number of fused-ring (bicyclic) bond motifs is 1. The van der Waals surface area contributed by atoms with Crippen molar-refractivity contribution in [1.82, 2.24) is 14.6 Å². The highest BCUT2D eigenvalue weighted by Crippen LogP contribution is 2.20. The Bertz CT molecular complexity index is 1400. The highest BCUT2D eigenvalue weighted by molar-refractivity contribution is 7.16. The van der Waals surface area contributed by atoms with Gasteiger partial charge >= 0.3 is 5.97 Å². The van der Waals surface area contributed by atoms with E-state index in [2.05, 4.69) is 15.4 Å². The van der Waals surface area contributed by atoms with Crippen LogP contribution in [0.3, 0.4) is 0 Å². The van der Waals surface area contributed by atoms with Gasteiger partial charge in [-0.2, -0.15) is 9.61 Å². The summed E-state index contributed by atoms with van der Waals surface area (Å²) in [5, 5.41) is 7.73. The number of para-hydroxylation sites is 1. The van der Waals surface area contributed by atoms with E-state index >= 15 is 0 Å². The second-order valence-corrected chi connectivity index (χ2v) is 7.98. The number of hydrogen-bond donors (Lipinski definition) is 1. The number of carbonyl (C=O) groups excluding carboxylic acids is 2. The van der Waals surface area contributed by atoms with Crippen molar-refractivity contribution in [2.75, 3.05) is 12.4 Å². The van der Waals surface area contributed by atoms with Crippen LogP contribution >= 0.6 is 11.3 Å². The van der Waals surface area contributed by atoms with Crippen LogP contribution in [0.15, 0.2) is 59.4 Å². The number of aryl methyl sites for hydroxylation is 1. The number of carbonyl (C=O) groups is 2. The van der Waals surface area contributed by atoms with Crippen molar-refractivity contribution in [2.45, 2.75) is 20.0 Å². The number of ether oxygens (including phenoxy) is 2. The first-order valence-corrected chi connectivity index (χ1v) is 10.9. The van der Waals surface area contributed by atoms with E-state index in [-0.39, 0.29) is 23.6 Å². The Hall–Kier alpha value is -4.05. The number of aromatic nitrogens is 3. The molecule has 168 valence electrons. The Balaban J connectivity index is 1.45. The van der Waals surface area contributed by atoms with Crippen LogP contribution < -0.4 is 15.6 Å². The molecule has 1 amide bonds. The van der Waals surface area contributed by atoms with E-state index in [0.717, 1.165) is 5.01 Å². The minimum Gasteiger partial charge on any atom is -0.496 e. The number of rotatable bonds is 7. The number of methoxy groups -OCH3 is 1. The predicted molar refractivity (Wildman–Crippen MR) is 123 cm³/mol. The molecule has 2 heterocycles. The zero-order valence-corrected chi connectivity index (χ0v) is 18.7. The molecule has 0 aliphatic carbocycles. The van der Waals surface area contributed by atoms with Crippen LogP contribution in [-0.2, 0) is 17.8 Å². The maximum Gasteiger partial charge on any atom is 0.338 e. The molecule has 0 atom stereocenters. The number of amides is 1. The SMILES string of the molecule is CCc1nn2c(=O)cc(COC(=O)c3cccc(NC(=O)c4ccccc4OC)c3)nc2s1. The molecule has 0 unspecified atom stereocenters. The van der Waals surface area contributed by atoms with Crippen LogP contribution in [0.4, 0.5) is 5.69 Å². The Morgan fingerprint density at radius 3 is 2.73 bits per heavy atom. The zero-order valence-electron chi connectivity index (χ0n) is 17.9. The average molecular weight is 465 g/mol. The van der Waals surface area contributed by atoms with Crippen molar-refractivity contribution in [3.63, 3.8) is 0 Å². The first-order chi connectivity index (χ1) is 16.0. The lowest BCUT2D eigenvalue weighted by Gasteiger charge is -2.10. The van der Waals surface area contributed by atoms with Gasteiger partial charge in [0.2, 0.25) is 4.96 Å². The van der Waals surface area contributed by atoms with Gasteiger partial charge in [-0.05, 0) is 36.8 Å². The molecule has 0 aliphatic heterocycles. The monoisotopic (exact) mass is 464 g/mol. The lowest BCUT2D eigenvalue weighted by atomic mass is 10.1. The number of nitrogens with one attached hydrogen (secondary N) is 1. The van der Waals surface area contributed by atoms with Crippen molar-refractivity contribution in [3.05, 3.63) is 86.8 Å². The molecule has 0 saturated heterocycles. The van der Waals surface area contributed by atoms with Crippen LogP contribution in [0.5, 0.6) is 5.75 Å². The summed E-state index contributed by atoms with van der Waals surface area (Å²) in [7, 11) is 1.49. The van der Waals surface area contributed by atoms with E-state index in [1.807, 2.05) is 6.92 Å². The third-order valence-corrected chi connectivity index (χ3v) is 5.75. The molecule has 4 rings (SSSR count). The molecule has 33 heavy (non-hydrogen) atoms. The molecular weight excluding hydrogens is 444 g/mol. The van der Waals surface area contributed by atoms with Gasteiger partial charge in [0.1, 0.15) is 17.4 Å². The summed E-state index contributed by atoms with van der Waals surface area (Å²) in [6.45, 7) is 1.78. The third kappa shape index (κ3) is 4.90. The third-order valence-electron chi connectivity index (χ3n) is 4.70. The van der Waals surface area contributed by atoms with E-state index in [4.69, 9.17) is 9.47 Å². The van der Waals surface area contributed by atoms with E-state index in [1.165, 1.54) is 35.1 Å². The number of nitrogens with zero attached hydrogens (tertiary/aromatic N) is 3. The number of hydrogen-bond acceptors (Lipinski definition) is 8. The van der Waals surface area contributed by atoms with Crippen molar-refractivity contribution in [1.29, 1.82) is 0 Å². The van der Waals surface area contributed by atoms with Gasteiger partial charge in [-0.1, -0.05) is 36.5 Å². The van der Waals surface area contributed by atoms with Crippen LogP contribution in [0.25, 0.3) is 4.96 Å². The number of benzene rings is 2. The van der Waals surface area contributed by atoms with E-state index < -0.39 is 5.97 Å². The van der Waals surface area contributed by atoms with Crippen LogP contribution in [0.2, 0.25) is 0 Å². The molecule has 0 bridgehead atoms. The quantitative estimate of drug-likeness (QED) is 0.418. The molecule has 1 N–H and O–H groups in total. The first-order valence-electron chi connectivity index (χ1n) is 10.1. The second kappa shape index (κ2) is 9.61. The van der Waals surface area contributed by atoms with Crippen LogP contribution in [-0.4, -0.2) is 33.6 Å². The van der Waals surface area contributed by atoms with Crippen LogP contribution in [0, 0.1) is 0 Å². The van der Waals surface area contributed by atoms with Crippen molar-refractivity contribution >= 4 is 33.9 Å². The largest absolute Gasteiger partial charge is 0.496 e. The van der Waals surface area contributed by atoms with E-state index in [1.54, 1.807) is 42.5 Å². The molecule has 0 fully saturated rings. The fraction of sp³-hybridized carbons (Fsp3) is 0.174. The van der Waals surface area contributed by atoms with Gasteiger partial charge in [-0.15, -0.1) is 0 Å². The number of esters is 1. The topological polar surface area (TPSA) is 112 Å². The number of anilines is 1. The van der Waals surface area contributed by atoms with Gasteiger partial charge in [0.05, 0.1) is 23.9 Å². The predicted octanol–water partition coefficient (Wildman–Crippen LogP) is 3.33. The second-order valence-electron chi connectivity index (χ2n) is 6.94. The molecule has 10 heteroatoms. The Morgan fingerprint density at radius 2 is 1.94 bits per heavy atom. The van der Waals surface area contributed by atoms with E-state index in [9.17, 15) is 14.4 Å². The van der Waals surface area contributed by atoms with Gasteiger partial charge in [0, 0.05) is 11.8 Å². The minimum absolute atomic E-state index is 0.165. The molecule has 0 radical (unpaired) electrons. The van der Waals surface area contributed by atoms with Gasteiger partial charge in [-0.25, -0.2) is 9.78 Å². The van der Waals surface area contributed by atoms with Gasteiger partial charge in [0.15, 0.2) is 0 Å². The van der Waals surface area contributed by atoms with E-state index in [0.29, 0.717) is 34.1 Å². The van der Waals surface area contributed by atoms with Crippen molar-refractivity contribution in [3.8, 4) is 5.75 Å². The highest BCUT2D eigenvalue weighted by atomic mass is 32.1.